The molecule has 0 spiro atoms. The van der Waals surface area contributed by atoms with Gasteiger partial charge in [0.2, 0.25) is 0 Å². The van der Waals surface area contributed by atoms with Crippen molar-refractivity contribution in [3.05, 3.63) is 59.1 Å². The quantitative estimate of drug-likeness (QED) is 0.599. The van der Waals surface area contributed by atoms with Crippen molar-refractivity contribution in [3.8, 4) is 27.8 Å². The highest BCUT2D eigenvalue weighted by molar-refractivity contribution is 7.13. The predicted octanol–water partition coefficient (Wildman–Crippen LogP) is 4.11. The van der Waals surface area contributed by atoms with Crippen molar-refractivity contribution in [1.29, 1.82) is 0 Å². The predicted molar refractivity (Wildman–Crippen MR) is 109 cm³/mol. The van der Waals surface area contributed by atoms with Crippen LogP contribution in [-0.2, 0) is 6.54 Å². The van der Waals surface area contributed by atoms with Gasteiger partial charge in [-0.3, -0.25) is 4.79 Å². The van der Waals surface area contributed by atoms with Crippen LogP contribution in [-0.4, -0.2) is 44.2 Å². The van der Waals surface area contributed by atoms with Crippen LogP contribution in [0.3, 0.4) is 0 Å². The van der Waals surface area contributed by atoms with Crippen LogP contribution in [0.2, 0.25) is 0 Å². The number of hydrogen-bond donors (Lipinski definition) is 0. The highest BCUT2D eigenvalue weighted by Crippen LogP contribution is 2.29. The van der Waals surface area contributed by atoms with Gasteiger partial charge >= 0.3 is 0 Å². The van der Waals surface area contributed by atoms with Gasteiger partial charge in [-0.2, -0.15) is 0 Å². The van der Waals surface area contributed by atoms with E-state index in [-0.39, 0.29) is 5.91 Å². The van der Waals surface area contributed by atoms with E-state index in [4.69, 9.17) is 14.2 Å². The largest absolute Gasteiger partial charge is 0.497 e. The maximum Gasteiger partial charge on any atom is 0.273 e. The van der Waals surface area contributed by atoms with E-state index in [9.17, 15) is 4.79 Å². The first-order chi connectivity index (χ1) is 13.5. The summed E-state index contributed by atoms with van der Waals surface area (Å²) in [5.41, 5.74) is 2.32. The molecule has 3 rings (SSSR count). The minimum Gasteiger partial charge on any atom is -0.497 e. The highest BCUT2D eigenvalue weighted by Gasteiger charge is 2.17. The topological polar surface area (TPSA) is 60.9 Å². The molecule has 0 aliphatic carbocycles. The Morgan fingerprint density at radius 1 is 1.00 bits per heavy atom. The zero-order chi connectivity index (χ0) is 20.1. The van der Waals surface area contributed by atoms with Crippen LogP contribution in [0.1, 0.15) is 16.1 Å². The molecule has 0 aliphatic heterocycles. The first-order valence-electron chi connectivity index (χ1n) is 8.62. The summed E-state index contributed by atoms with van der Waals surface area (Å²) in [6.45, 7) is 0.439. The number of rotatable bonds is 7. The van der Waals surface area contributed by atoms with E-state index < -0.39 is 0 Å². The Balaban J connectivity index is 1.72. The lowest BCUT2D eigenvalue weighted by Crippen LogP contribution is -2.26. The smallest absolute Gasteiger partial charge is 0.273 e. The normalized spacial score (nSPS) is 10.4. The van der Waals surface area contributed by atoms with Gasteiger partial charge in [0.1, 0.15) is 16.5 Å². The molecule has 6 nitrogen and oxygen atoms in total. The van der Waals surface area contributed by atoms with E-state index in [2.05, 4.69) is 4.98 Å². The molecular weight excluding hydrogens is 376 g/mol. The molecule has 0 unspecified atom stereocenters. The van der Waals surface area contributed by atoms with Crippen molar-refractivity contribution in [2.45, 2.75) is 6.54 Å². The summed E-state index contributed by atoms with van der Waals surface area (Å²) in [5.74, 6) is 1.94. The lowest BCUT2D eigenvalue weighted by Gasteiger charge is -2.17. The third kappa shape index (κ3) is 4.26. The summed E-state index contributed by atoms with van der Waals surface area (Å²) >= 11 is 1.44. The molecule has 0 N–H and O–H groups in total. The van der Waals surface area contributed by atoms with Gasteiger partial charge < -0.3 is 19.1 Å². The average molecular weight is 398 g/mol. The number of carbonyl (C=O) groups is 1. The van der Waals surface area contributed by atoms with Gasteiger partial charge in [0, 0.05) is 24.5 Å². The van der Waals surface area contributed by atoms with E-state index in [0.29, 0.717) is 23.7 Å². The Kier molecular flexibility index (Phi) is 6.16. The summed E-state index contributed by atoms with van der Waals surface area (Å²) in [5, 5.41) is 2.58. The van der Waals surface area contributed by atoms with Crippen LogP contribution in [0.15, 0.2) is 47.8 Å². The molecule has 28 heavy (non-hydrogen) atoms. The van der Waals surface area contributed by atoms with Gasteiger partial charge in [-0.1, -0.05) is 6.07 Å². The van der Waals surface area contributed by atoms with Crippen LogP contribution in [0.25, 0.3) is 10.6 Å². The molecule has 0 saturated heterocycles. The summed E-state index contributed by atoms with van der Waals surface area (Å²) in [6, 6.07) is 13.2. The number of carbonyl (C=O) groups excluding carboxylic acids is 1. The molecule has 0 bridgehead atoms. The first kappa shape index (κ1) is 19.7. The first-order valence-corrected chi connectivity index (χ1v) is 9.50. The maximum absolute atomic E-state index is 12.8. The lowest BCUT2D eigenvalue weighted by atomic mass is 10.2. The molecule has 0 saturated carbocycles. The average Bonchev–Trinajstić information content (AvgIpc) is 3.23. The maximum atomic E-state index is 12.8. The van der Waals surface area contributed by atoms with E-state index in [0.717, 1.165) is 21.9 Å². The number of methoxy groups -OCH3 is 3. The number of thiazole rings is 1. The van der Waals surface area contributed by atoms with Gasteiger partial charge in [0.25, 0.3) is 5.91 Å². The van der Waals surface area contributed by atoms with Gasteiger partial charge in [0.15, 0.2) is 11.5 Å². The Labute approximate surface area is 168 Å². The summed E-state index contributed by atoms with van der Waals surface area (Å²) < 4.78 is 15.7. The Morgan fingerprint density at radius 3 is 2.36 bits per heavy atom. The third-order valence-corrected chi connectivity index (χ3v) is 5.17. The summed E-state index contributed by atoms with van der Waals surface area (Å²) in [7, 11) is 6.57. The fourth-order valence-electron chi connectivity index (χ4n) is 2.76. The minimum atomic E-state index is -0.134. The van der Waals surface area contributed by atoms with Crippen molar-refractivity contribution in [2.24, 2.45) is 0 Å². The number of amides is 1. The zero-order valence-corrected chi connectivity index (χ0v) is 17.1. The highest BCUT2D eigenvalue weighted by atomic mass is 32.1. The fourth-order valence-corrected chi connectivity index (χ4v) is 3.56. The fraction of sp³-hybridized carbons (Fsp3) is 0.238. The molecule has 0 atom stereocenters. The Morgan fingerprint density at radius 2 is 1.71 bits per heavy atom. The summed E-state index contributed by atoms with van der Waals surface area (Å²) in [4.78, 5) is 18.9. The number of nitrogens with zero attached hydrogens (tertiary/aromatic N) is 2. The van der Waals surface area contributed by atoms with Crippen LogP contribution >= 0.6 is 11.3 Å². The van der Waals surface area contributed by atoms with E-state index in [1.807, 2.05) is 42.5 Å². The van der Waals surface area contributed by atoms with Crippen LogP contribution < -0.4 is 14.2 Å². The number of benzene rings is 2. The van der Waals surface area contributed by atoms with Crippen molar-refractivity contribution >= 4 is 17.2 Å². The van der Waals surface area contributed by atoms with Crippen LogP contribution in [0.5, 0.6) is 17.2 Å². The Hall–Kier alpha value is -3.06. The van der Waals surface area contributed by atoms with Crippen molar-refractivity contribution in [2.75, 3.05) is 28.4 Å². The second-order valence-corrected chi connectivity index (χ2v) is 6.98. The summed E-state index contributed by atoms with van der Waals surface area (Å²) in [6.07, 6.45) is 0. The van der Waals surface area contributed by atoms with Gasteiger partial charge in [0.05, 0.1) is 21.3 Å². The van der Waals surface area contributed by atoms with Crippen LogP contribution in [0.4, 0.5) is 0 Å². The van der Waals surface area contributed by atoms with E-state index in [1.165, 1.54) is 11.3 Å². The minimum absolute atomic E-state index is 0.134. The zero-order valence-electron chi connectivity index (χ0n) is 16.3. The molecule has 1 aromatic heterocycles. The van der Waals surface area contributed by atoms with Gasteiger partial charge in [-0.05, 0) is 42.0 Å². The molecule has 7 heteroatoms. The monoisotopic (exact) mass is 398 g/mol. The Bertz CT molecular complexity index is 953. The van der Waals surface area contributed by atoms with Crippen molar-refractivity contribution < 1.29 is 19.0 Å². The van der Waals surface area contributed by atoms with Crippen molar-refractivity contribution in [1.82, 2.24) is 9.88 Å². The van der Waals surface area contributed by atoms with Gasteiger partial charge in [-0.25, -0.2) is 4.98 Å². The van der Waals surface area contributed by atoms with Gasteiger partial charge in [-0.15, -0.1) is 11.3 Å². The third-order valence-electron chi connectivity index (χ3n) is 4.27. The van der Waals surface area contributed by atoms with Crippen LogP contribution in [0, 0.1) is 0 Å². The molecule has 1 amide bonds. The molecule has 3 aromatic rings. The standard InChI is InChI=1S/C21H22N2O4S/c1-23(12-14-5-10-18(26-3)19(11-14)27-4)21(24)17-13-28-20(22-17)15-6-8-16(25-2)9-7-15/h5-11,13H,12H2,1-4H3. The molecule has 1 heterocycles. The molecule has 146 valence electrons. The molecule has 2 aromatic carbocycles. The second-order valence-electron chi connectivity index (χ2n) is 6.12. The molecule has 0 aliphatic rings. The molecule has 0 fully saturated rings. The molecular formula is C21H22N2O4S. The number of hydrogen-bond acceptors (Lipinski definition) is 6. The lowest BCUT2D eigenvalue weighted by molar-refractivity contribution is 0.0780. The molecule has 0 radical (unpaired) electrons. The van der Waals surface area contributed by atoms with Crippen molar-refractivity contribution in [3.63, 3.8) is 0 Å². The van der Waals surface area contributed by atoms with E-state index in [1.54, 1.807) is 38.7 Å². The van der Waals surface area contributed by atoms with E-state index >= 15 is 0 Å². The number of ether oxygens (including phenoxy) is 3. The second kappa shape index (κ2) is 8.75. The number of aromatic nitrogens is 1. The SMILES string of the molecule is COc1ccc(-c2nc(C(=O)N(C)Cc3ccc(OC)c(OC)c3)cs2)cc1.